The largest absolute Gasteiger partial charge is 0.275 e. The molecule has 1 aromatic rings. The van der Waals surface area contributed by atoms with Crippen molar-refractivity contribution in [1.29, 1.82) is 0 Å². The number of aliphatic imine (C=N–C) groups is 2. The molecular formula is C17H26N4S. The van der Waals surface area contributed by atoms with Crippen molar-refractivity contribution < 1.29 is 0 Å². The van der Waals surface area contributed by atoms with E-state index in [4.69, 9.17) is 4.99 Å². The third-order valence-electron chi connectivity index (χ3n) is 4.32. The molecule has 0 N–H and O–H groups in total. The van der Waals surface area contributed by atoms with Gasteiger partial charge in [-0.1, -0.05) is 45.1 Å². The zero-order valence-corrected chi connectivity index (χ0v) is 15.2. The van der Waals surface area contributed by atoms with Gasteiger partial charge in [-0.15, -0.1) is 0 Å². The summed E-state index contributed by atoms with van der Waals surface area (Å²) in [7, 11) is 1.81. The van der Waals surface area contributed by atoms with E-state index in [0.717, 1.165) is 22.0 Å². The molecule has 1 aromatic heterocycles. The zero-order valence-electron chi connectivity index (χ0n) is 14.4. The van der Waals surface area contributed by atoms with Crippen LogP contribution in [0.5, 0.6) is 0 Å². The topological polar surface area (TPSA) is 42.0 Å². The number of thiazole rings is 1. The molecule has 0 amide bonds. The summed E-state index contributed by atoms with van der Waals surface area (Å²) in [4.78, 5) is 14.7. The number of aromatic nitrogens is 1. The monoisotopic (exact) mass is 318 g/mol. The van der Waals surface area contributed by atoms with Crippen molar-refractivity contribution in [1.82, 2.24) is 4.57 Å². The van der Waals surface area contributed by atoms with Gasteiger partial charge in [-0.25, -0.2) is 9.98 Å². The van der Waals surface area contributed by atoms with Crippen LogP contribution in [0.25, 0.3) is 6.20 Å². The zero-order chi connectivity index (χ0) is 16.3. The lowest BCUT2D eigenvalue weighted by atomic mass is 9.91. The lowest BCUT2D eigenvalue weighted by Crippen LogP contribution is -2.18. The van der Waals surface area contributed by atoms with Gasteiger partial charge in [-0.05, 0) is 25.2 Å². The summed E-state index contributed by atoms with van der Waals surface area (Å²) < 4.78 is 2.05. The van der Waals surface area contributed by atoms with Gasteiger partial charge < -0.3 is 0 Å². The van der Waals surface area contributed by atoms with Crippen LogP contribution in [0.4, 0.5) is 10.8 Å². The third-order valence-corrected chi connectivity index (χ3v) is 5.36. The highest BCUT2D eigenvalue weighted by molar-refractivity contribution is 7.13. The number of fused-ring (bicyclic) bond motifs is 1. The van der Waals surface area contributed by atoms with Crippen molar-refractivity contribution in [3.63, 3.8) is 0 Å². The van der Waals surface area contributed by atoms with Crippen LogP contribution in [0.1, 0.15) is 41.0 Å². The minimum atomic E-state index is -0.0744. The van der Waals surface area contributed by atoms with Crippen LogP contribution in [-0.2, 0) is 0 Å². The molecule has 2 rings (SSSR count). The lowest BCUT2D eigenvalue weighted by Gasteiger charge is -2.15. The van der Waals surface area contributed by atoms with Crippen molar-refractivity contribution in [2.75, 3.05) is 7.05 Å². The summed E-state index contributed by atoms with van der Waals surface area (Å²) in [6.07, 6.45) is 9.30. The van der Waals surface area contributed by atoms with Gasteiger partial charge in [0.2, 0.25) is 0 Å². The molecule has 2 heterocycles. The van der Waals surface area contributed by atoms with Gasteiger partial charge in [0, 0.05) is 31.1 Å². The standard InChI is InChI=1S/C17H26N4S/c1-7-17(5)10-19-14-15(20-11-17)22-16(18-6)21(14)9-8-13(4)12(2)3/h8-13H,7H2,1-6H3/b9-8-,18-16?. The minimum Gasteiger partial charge on any atom is -0.275 e. The second kappa shape index (κ2) is 6.73. The molecule has 1 aliphatic rings. The Morgan fingerprint density at radius 3 is 2.59 bits per heavy atom. The van der Waals surface area contributed by atoms with E-state index < -0.39 is 0 Å². The van der Waals surface area contributed by atoms with Crippen molar-refractivity contribution in [2.24, 2.45) is 32.2 Å². The van der Waals surface area contributed by atoms with E-state index in [9.17, 15) is 0 Å². The maximum Gasteiger partial charge on any atom is 0.192 e. The van der Waals surface area contributed by atoms with Crippen molar-refractivity contribution in [2.45, 2.75) is 41.0 Å². The Hall–Kier alpha value is -1.49. The molecule has 2 unspecified atom stereocenters. The Morgan fingerprint density at radius 2 is 2.00 bits per heavy atom. The van der Waals surface area contributed by atoms with E-state index in [1.165, 1.54) is 0 Å². The van der Waals surface area contributed by atoms with Gasteiger partial charge in [0.05, 0.1) is 0 Å². The number of hydrogen-bond donors (Lipinski definition) is 0. The SMILES string of the molecule is CCC1(C)C=Nc2sc(=NC)n(/C=C\C(C)C(C)C)c2N=C1. The van der Waals surface area contributed by atoms with Crippen LogP contribution >= 0.6 is 11.3 Å². The van der Waals surface area contributed by atoms with Crippen LogP contribution in [0.2, 0.25) is 0 Å². The van der Waals surface area contributed by atoms with Crippen molar-refractivity contribution in [3.05, 3.63) is 10.9 Å². The summed E-state index contributed by atoms with van der Waals surface area (Å²) in [6.45, 7) is 11.0. The number of hydrogen-bond acceptors (Lipinski definition) is 4. The van der Waals surface area contributed by atoms with Crippen LogP contribution in [0.3, 0.4) is 0 Å². The molecule has 0 bridgehead atoms. The van der Waals surface area contributed by atoms with Gasteiger partial charge in [0.1, 0.15) is 0 Å². The highest BCUT2D eigenvalue weighted by Gasteiger charge is 2.22. The Kier molecular flexibility index (Phi) is 5.16. The normalized spacial score (nSPS) is 23.3. The Balaban J connectivity index is 2.48. The van der Waals surface area contributed by atoms with Crippen molar-refractivity contribution in [3.8, 4) is 0 Å². The Bertz CT molecular complexity index is 675. The summed E-state index contributed by atoms with van der Waals surface area (Å²) in [5.74, 6) is 2.00. The fraction of sp³-hybridized carbons (Fsp3) is 0.588. The molecule has 0 saturated heterocycles. The van der Waals surface area contributed by atoms with Gasteiger partial charge >= 0.3 is 0 Å². The van der Waals surface area contributed by atoms with E-state index in [-0.39, 0.29) is 5.41 Å². The predicted molar refractivity (Wildman–Crippen MR) is 97.8 cm³/mol. The molecule has 22 heavy (non-hydrogen) atoms. The third kappa shape index (κ3) is 3.46. The fourth-order valence-electron chi connectivity index (χ4n) is 1.94. The summed E-state index contributed by atoms with van der Waals surface area (Å²) in [5.41, 5.74) is -0.0744. The molecule has 5 heteroatoms. The van der Waals surface area contributed by atoms with E-state index in [1.54, 1.807) is 11.3 Å². The second-order valence-electron chi connectivity index (χ2n) is 6.43. The first-order valence-electron chi connectivity index (χ1n) is 7.87. The van der Waals surface area contributed by atoms with E-state index in [1.807, 2.05) is 24.0 Å². The van der Waals surface area contributed by atoms with E-state index in [2.05, 4.69) is 56.9 Å². The fourth-order valence-corrected chi connectivity index (χ4v) is 2.80. The van der Waals surface area contributed by atoms with Crippen LogP contribution in [0, 0.1) is 17.3 Å². The first-order chi connectivity index (χ1) is 10.4. The van der Waals surface area contributed by atoms with Crippen LogP contribution < -0.4 is 4.80 Å². The highest BCUT2D eigenvalue weighted by atomic mass is 32.1. The Morgan fingerprint density at radius 1 is 1.32 bits per heavy atom. The van der Waals surface area contributed by atoms with Gasteiger partial charge in [-0.2, -0.15) is 0 Å². The predicted octanol–water partition coefficient (Wildman–Crippen LogP) is 4.68. The molecule has 0 spiro atoms. The van der Waals surface area contributed by atoms with E-state index >= 15 is 0 Å². The summed E-state index contributed by atoms with van der Waals surface area (Å²) in [6, 6.07) is 0. The molecule has 0 aromatic carbocycles. The molecule has 120 valence electrons. The number of allylic oxidation sites excluding steroid dienone is 1. The highest BCUT2D eigenvalue weighted by Crippen LogP contribution is 2.35. The minimum absolute atomic E-state index is 0.0744. The van der Waals surface area contributed by atoms with Crippen LogP contribution in [0.15, 0.2) is 21.1 Å². The van der Waals surface area contributed by atoms with E-state index in [0.29, 0.717) is 11.8 Å². The van der Waals surface area contributed by atoms with Gasteiger partial charge in [0.25, 0.3) is 0 Å². The molecular weight excluding hydrogens is 292 g/mol. The smallest absolute Gasteiger partial charge is 0.192 e. The van der Waals surface area contributed by atoms with Gasteiger partial charge in [0.15, 0.2) is 15.6 Å². The Labute approximate surface area is 137 Å². The van der Waals surface area contributed by atoms with Crippen molar-refractivity contribution >= 4 is 40.8 Å². The van der Waals surface area contributed by atoms with Crippen LogP contribution in [-0.4, -0.2) is 24.0 Å². The molecule has 0 aliphatic carbocycles. The maximum absolute atomic E-state index is 4.71. The molecule has 0 radical (unpaired) electrons. The summed E-state index contributed by atoms with van der Waals surface area (Å²) >= 11 is 1.58. The lowest BCUT2D eigenvalue weighted by molar-refractivity contribution is 0.505. The first-order valence-corrected chi connectivity index (χ1v) is 8.68. The molecule has 2 atom stereocenters. The van der Waals surface area contributed by atoms with Gasteiger partial charge in [-0.3, -0.25) is 9.56 Å². The number of rotatable bonds is 4. The molecule has 1 aliphatic heterocycles. The first kappa shape index (κ1) is 16.9. The quantitative estimate of drug-likeness (QED) is 0.774. The molecule has 0 fully saturated rings. The summed E-state index contributed by atoms with van der Waals surface area (Å²) in [5, 5.41) is 0.927. The average Bonchev–Trinajstić information content (AvgIpc) is 2.76. The maximum atomic E-state index is 4.71. The average molecular weight is 318 g/mol. The molecule has 0 saturated carbocycles. The second-order valence-corrected chi connectivity index (χ2v) is 7.38. The number of nitrogens with zero attached hydrogens (tertiary/aromatic N) is 4. The molecule has 4 nitrogen and oxygen atoms in total.